The molecule has 0 unspecified atom stereocenters. The van der Waals surface area contributed by atoms with Gasteiger partial charge < -0.3 is 9.72 Å². The molecular weight excluding hydrogens is 333 g/mol. The Bertz CT molecular complexity index is 1040. The number of carbonyl (C=O) groups excluding carboxylic acids is 1. The molecule has 1 amide bonds. The molecule has 0 saturated heterocycles. The number of halogens is 1. The highest BCUT2D eigenvalue weighted by atomic mass is 19.1. The fourth-order valence-corrected chi connectivity index (χ4v) is 2.76. The van der Waals surface area contributed by atoms with Gasteiger partial charge in [-0.1, -0.05) is 24.3 Å². The Hall–Kier alpha value is -3.48. The Kier molecular flexibility index (Phi) is 4.18. The third-order valence-corrected chi connectivity index (χ3v) is 3.96. The van der Waals surface area contributed by atoms with E-state index in [1.165, 1.54) is 6.07 Å². The molecule has 1 N–H and O–H groups in total. The normalized spacial score (nSPS) is 11.0. The van der Waals surface area contributed by atoms with Gasteiger partial charge in [-0.2, -0.15) is 5.10 Å². The van der Waals surface area contributed by atoms with Crippen LogP contribution in [0.4, 0.5) is 10.1 Å². The lowest BCUT2D eigenvalue weighted by Crippen LogP contribution is -2.14. The minimum Gasteiger partial charge on any atom is -0.323 e. The summed E-state index contributed by atoms with van der Waals surface area (Å²) in [5.41, 5.74) is 2.66. The first-order chi connectivity index (χ1) is 12.7. The average Bonchev–Trinajstić information content (AvgIpc) is 3.23. The maximum Gasteiger partial charge on any atom is 0.228 e. The second-order valence-corrected chi connectivity index (χ2v) is 5.94. The molecule has 6 nitrogen and oxygen atoms in total. The highest BCUT2D eigenvalue weighted by Gasteiger charge is 2.10. The monoisotopic (exact) mass is 349 g/mol. The van der Waals surface area contributed by atoms with Crippen LogP contribution in [0.1, 0.15) is 11.3 Å². The van der Waals surface area contributed by atoms with Gasteiger partial charge in [0, 0.05) is 18.6 Å². The summed E-state index contributed by atoms with van der Waals surface area (Å²) in [7, 11) is 0. The zero-order valence-electron chi connectivity index (χ0n) is 13.8. The standard InChI is InChI=1S/C19H16FN5O/c20-17-6-2-1-5-14(17)9-19(26)23-15-10-21-25(12-15)13-16-11-24-8-4-3-7-18(24)22-16/h1-8,10-12H,9,13H2,(H,23,26). The highest BCUT2D eigenvalue weighted by molar-refractivity contribution is 5.92. The van der Waals surface area contributed by atoms with E-state index in [9.17, 15) is 9.18 Å². The number of carbonyl (C=O) groups is 1. The molecule has 7 heteroatoms. The zero-order chi connectivity index (χ0) is 17.9. The van der Waals surface area contributed by atoms with Gasteiger partial charge in [-0.25, -0.2) is 9.37 Å². The Balaban J connectivity index is 1.41. The van der Waals surface area contributed by atoms with Crippen LogP contribution in [0.25, 0.3) is 5.65 Å². The van der Waals surface area contributed by atoms with Crippen LogP contribution in [0.2, 0.25) is 0 Å². The van der Waals surface area contributed by atoms with Crippen molar-refractivity contribution in [2.45, 2.75) is 13.0 Å². The summed E-state index contributed by atoms with van der Waals surface area (Å²) in [6.45, 7) is 0.491. The van der Waals surface area contributed by atoms with E-state index in [1.807, 2.05) is 35.0 Å². The first-order valence-corrected chi connectivity index (χ1v) is 8.16. The van der Waals surface area contributed by atoms with Crippen LogP contribution in [0, 0.1) is 5.82 Å². The molecule has 0 saturated carbocycles. The van der Waals surface area contributed by atoms with Gasteiger partial charge in [0.25, 0.3) is 0 Å². The van der Waals surface area contributed by atoms with Gasteiger partial charge in [-0.05, 0) is 23.8 Å². The maximum atomic E-state index is 13.6. The van der Waals surface area contributed by atoms with Gasteiger partial charge in [0.1, 0.15) is 11.5 Å². The topological polar surface area (TPSA) is 64.2 Å². The summed E-state index contributed by atoms with van der Waals surface area (Å²) < 4.78 is 17.3. The van der Waals surface area contributed by atoms with Crippen molar-refractivity contribution in [2.24, 2.45) is 0 Å². The SMILES string of the molecule is O=C(Cc1ccccc1F)Nc1cnn(Cc2cn3ccccc3n2)c1. The van der Waals surface area contributed by atoms with Gasteiger partial charge in [0.05, 0.1) is 30.5 Å². The van der Waals surface area contributed by atoms with E-state index in [0.717, 1.165) is 11.3 Å². The van der Waals surface area contributed by atoms with E-state index < -0.39 is 0 Å². The van der Waals surface area contributed by atoms with Gasteiger partial charge >= 0.3 is 0 Å². The van der Waals surface area contributed by atoms with Crippen LogP contribution in [-0.2, 0) is 17.8 Å². The highest BCUT2D eigenvalue weighted by Crippen LogP contribution is 2.11. The fourth-order valence-electron chi connectivity index (χ4n) is 2.76. The third kappa shape index (κ3) is 3.46. The molecule has 1 aromatic carbocycles. The molecule has 0 atom stereocenters. The van der Waals surface area contributed by atoms with Crippen LogP contribution in [0.5, 0.6) is 0 Å². The molecule has 0 fully saturated rings. The first-order valence-electron chi connectivity index (χ1n) is 8.16. The van der Waals surface area contributed by atoms with E-state index >= 15 is 0 Å². The van der Waals surface area contributed by atoms with Crippen molar-refractivity contribution < 1.29 is 9.18 Å². The molecule has 4 aromatic rings. The third-order valence-electron chi connectivity index (χ3n) is 3.96. The van der Waals surface area contributed by atoms with Crippen LogP contribution < -0.4 is 5.32 Å². The van der Waals surface area contributed by atoms with Crippen molar-refractivity contribution in [1.29, 1.82) is 0 Å². The van der Waals surface area contributed by atoms with E-state index in [-0.39, 0.29) is 18.1 Å². The van der Waals surface area contributed by atoms with Crippen LogP contribution in [-0.4, -0.2) is 25.1 Å². The fraction of sp³-hybridized carbons (Fsp3) is 0.105. The molecule has 0 radical (unpaired) electrons. The summed E-state index contributed by atoms with van der Waals surface area (Å²) >= 11 is 0. The number of imidazole rings is 1. The number of anilines is 1. The molecule has 0 aliphatic rings. The minimum absolute atomic E-state index is 0.0235. The van der Waals surface area contributed by atoms with Gasteiger partial charge in [0.2, 0.25) is 5.91 Å². The van der Waals surface area contributed by atoms with Crippen LogP contribution >= 0.6 is 0 Å². The van der Waals surface area contributed by atoms with Gasteiger partial charge in [-0.15, -0.1) is 0 Å². The predicted octanol–water partition coefficient (Wildman–Crippen LogP) is 2.90. The average molecular weight is 349 g/mol. The molecular formula is C19H16FN5O. The number of hydrogen-bond acceptors (Lipinski definition) is 3. The molecule has 26 heavy (non-hydrogen) atoms. The Morgan fingerprint density at radius 2 is 1.96 bits per heavy atom. The predicted molar refractivity (Wildman–Crippen MR) is 95.3 cm³/mol. The van der Waals surface area contributed by atoms with E-state index in [0.29, 0.717) is 17.8 Å². The number of fused-ring (bicyclic) bond motifs is 1. The number of benzene rings is 1. The largest absolute Gasteiger partial charge is 0.323 e. The van der Waals surface area contributed by atoms with E-state index in [4.69, 9.17) is 0 Å². The molecule has 3 aromatic heterocycles. The number of pyridine rings is 1. The quantitative estimate of drug-likeness (QED) is 0.603. The van der Waals surface area contributed by atoms with Crippen LogP contribution in [0.15, 0.2) is 67.3 Å². The summed E-state index contributed by atoms with van der Waals surface area (Å²) in [6, 6.07) is 12.1. The van der Waals surface area contributed by atoms with Crippen molar-refractivity contribution >= 4 is 17.2 Å². The minimum atomic E-state index is -0.384. The molecule has 0 spiro atoms. The molecule has 3 heterocycles. The second kappa shape index (κ2) is 6.79. The lowest BCUT2D eigenvalue weighted by atomic mass is 10.1. The molecule has 0 aliphatic carbocycles. The zero-order valence-corrected chi connectivity index (χ0v) is 13.8. The Morgan fingerprint density at radius 3 is 2.81 bits per heavy atom. The first kappa shape index (κ1) is 16.0. The number of rotatable bonds is 5. The van der Waals surface area contributed by atoms with E-state index in [2.05, 4.69) is 15.4 Å². The molecule has 4 rings (SSSR count). The van der Waals surface area contributed by atoms with E-state index in [1.54, 1.807) is 35.3 Å². The summed E-state index contributed by atoms with van der Waals surface area (Å²) in [5, 5.41) is 6.97. The summed E-state index contributed by atoms with van der Waals surface area (Å²) in [5.74, 6) is -0.674. The van der Waals surface area contributed by atoms with Gasteiger partial charge in [0.15, 0.2) is 0 Å². The smallest absolute Gasteiger partial charge is 0.228 e. The summed E-state index contributed by atoms with van der Waals surface area (Å²) in [4.78, 5) is 16.6. The lowest BCUT2D eigenvalue weighted by Gasteiger charge is -2.03. The van der Waals surface area contributed by atoms with Crippen molar-refractivity contribution in [1.82, 2.24) is 19.2 Å². The van der Waals surface area contributed by atoms with Crippen molar-refractivity contribution in [3.63, 3.8) is 0 Å². The maximum absolute atomic E-state index is 13.6. The second-order valence-electron chi connectivity index (χ2n) is 5.94. The Labute approximate surface area is 148 Å². The summed E-state index contributed by atoms with van der Waals surface area (Å²) in [6.07, 6.45) is 7.14. The van der Waals surface area contributed by atoms with Crippen molar-refractivity contribution in [2.75, 3.05) is 5.32 Å². The lowest BCUT2D eigenvalue weighted by molar-refractivity contribution is -0.115. The number of nitrogens with zero attached hydrogens (tertiary/aromatic N) is 4. The number of nitrogens with one attached hydrogen (secondary N) is 1. The Morgan fingerprint density at radius 1 is 1.12 bits per heavy atom. The molecule has 0 aliphatic heterocycles. The number of aromatic nitrogens is 4. The van der Waals surface area contributed by atoms with Crippen LogP contribution in [0.3, 0.4) is 0 Å². The van der Waals surface area contributed by atoms with Crippen molar-refractivity contribution in [3.8, 4) is 0 Å². The van der Waals surface area contributed by atoms with Crippen molar-refractivity contribution in [3.05, 3.63) is 84.3 Å². The van der Waals surface area contributed by atoms with Gasteiger partial charge in [-0.3, -0.25) is 9.48 Å². The number of hydrogen-bond donors (Lipinski definition) is 1. The number of amides is 1. The molecule has 130 valence electrons. The molecule has 0 bridgehead atoms.